The number of amides is 1. The van der Waals surface area contributed by atoms with E-state index in [4.69, 9.17) is 0 Å². The Labute approximate surface area is 232 Å². The summed E-state index contributed by atoms with van der Waals surface area (Å²) in [6.07, 6.45) is 1.73. The van der Waals surface area contributed by atoms with Crippen LogP contribution in [0.25, 0.3) is 0 Å². The van der Waals surface area contributed by atoms with Crippen molar-refractivity contribution < 1.29 is 21.6 Å². The molecule has 0 saturated carbocycles. The summed E-state index contributed by atoms with van der Waals surface area (Å²) < 4.78 is 55.7. The Kier molecular flexibility index (Phi) is 9.04. The standard InChI is InChI=1S/C27H30BrN3O5S2/c1-21-4-6-23(7-5-21)19-31(38(35,36)26-14-10-24(28)11-15-26)20-27(32)29-18-22-8-12-25(13-9-22)37(33,34)30-16-2-3-17-30/h4-15H,2-3,16-20H2,1H3,(H,29,32). The molecule has 11 heteroatoms. The summed E-state index contributed by atoms with van der Waals surface area (Å²) in [4.78, 5) is 13.2. The van der Waals surface area contributed by atoms with Crippen LogP contribution in [0.5, 0.6) is 0 Å². The first-order chi connectivity index (χ1) is 18.1. The molecule has 0 aliphatic carbocycles. The largest absolute Gasteiger partial charge is 0.351 e. The third kappa shape index (κ3) is 6.89. The molecule has 3 aromatic rings. The normalized spacial score (nSPS) is 14.6. The van der Waals surface area contributed by atoms with Gasteiger partial charge >= 0.3 is 0 Å². The first-order valence-electron chi connectivity index (χ1n) is 12.2. The number of nitrogens with one attached hydrogen (secondary N) is 1. The van der Waals surface area contributed by atoms with Gasteiger partial charge in [0, 0.05) is 30.7 Å². The molecule has 1 fully saturated rings. The Bertz CT molecular complexity index is 1470. The monoisotopic (exact) mass is 619 g/mol. The number of hydrogen-bond acceptors (Lipinski definition) is 5. The van der Waals surface area contributed by atoms with Crippen LogP contribution in [0.1, 0.15) is 29.5 Å². The lowest BCUT2D eigenvalue weighted by Crippen LogP contribution is -2.40. The summed E-state index contributed by atoms with van der Waals surface area (Å²) in [7, 11) is -7.46. The molecule has 1 N–H and O–H groups in total. The van der Waals surface area contributed by atoms with E-state index in [1.165, 1.54) is 28.6 Å². The number of sulfonamides is 2. The molecule has 1 saturated heterocycles. The van der Waals surface area contributed by atoms with Crippen molar-refractivity contribution in [1.82, 2.24) is 13.9 Å². The molecule has 0 spiro atoms. The molecule has 0 radical (unpaired) electrons. The number of hydrogen-bond donors (Lipinski definition) is 1. The zero-order valence-corrected chi connectivity index (χ0v) is 24.2. The summed E-state index contributed by atoms with van der Waals surface area (Å²) in [5.74, 6) is -0.466. The summed E-state index contributed by atoms with van der Waals surface area (Å²) >= 11 is 3.32. The highest BCUT2D eigenvalue weighted by atomic mass is 79.9. The maximum atomic E-state index is 13.4. The maximum Gasteiger partial charge on any atom is 0.243 e. The average Bonchev–Trinajstić information content (AvgIpc) is 3.45. The zero-order chi connectivity index (χ0) is 27.3. The van der Waals surface area contributed by atoms with Crippen molar-refractivity contribution in [3.63, 3.8) is 0 Å². The lowest BCUT2D eigenvalue weighted by atomic mass is 10.1. The van der Waals surface area contributed by atoms with E-state index in [2.05, 4.69) is 21.2 Å². The third-order valence-electron chi connectivity index (χ3n) is 6.37. The van der Waals surface area contributed by atoms with Crippen LogP contribution >= 0.6 is 15.9 Å². The summed E-state index contributed by atoms with van der Waals surface area (Å²) in [6.45, 7) is 2.81. The SMILES string of the molecule is Cc1ccc(CN(CC(=O)NCc2ccc(S(=O)(=O)N3CCCC3)cc2)S(=O)(=O)c2ccc(Br)cc2)cc1. The van der Waals surface area contributed by atoms with E-state index < -0.39 is 26.0 Å². The van der Waals surface area contributed by atoms with Gasteiger partial charge in [0.1, 0.15) is 0 Å². The minimum Gasteiger partial charge on any atom is -0.351 e. The van der Waals surface area contributed by atoms with Crippen molar-refractivity contribution >= 4 is 41.9 Å². The number of carbonyl (C=O) groups excluding carboxylic acids is 1. The molecule has 1 heterocycles. The molecule has 0 unspecified atom stereocenters. The van der Waals surface area contributed by atoms with E-state index in [1.807, 2.05) is 31.2 Å². The molecule has 202 valence electrons. The molecule has 8 nitrogen and oxygen atoms in total. The van der Waals surface area contributed by atoms with Gasteiger partial charge in [0.2, 0.25) is 26.0 Å². The van der Waals surface area contributed by atoms with E-state index in [1.54, 1.807) is 24.3 Å². The number of benzene rings is 3. The fourth-order valence-electron chi connectivity index (χ4n) is 4.15. The second-order valence-corrected chi connectivity index (χ2v) is 14.0. The number of carbonyl (C=O) groups is 1. The Hall–Kier alpha value is -2.57. The van der Waals surface area contributed by atoms with Crippen molar-refractivity contribution in [2.75, 3.05) is 19.6 Å². The highest BCUT2D eigenvalue weighted by Crippen LogP contribution is 2.22. The average molecular weight is 621 g/mol. The molecule has 0 bridgehead atoms. The fraction of sp³-hybridized carbons (Fsp3) is 0.296. The highest BCUT2D eigenvalue weighted by Gasteiger charge is 2.28. The minimum atomic E-state index is -3.95. The Morgan fingerprint density at radius 1 is 0.842 bits per heavy atom. The molecule has 1 amide bonds. The van der Waals surface area contributed by atoms with Crippen molar-refractivity contribution in [3.8, 4) is 0 Å². The molecule has 3 aromatic carbocycles. The number of nitrogens with zero attached hydrogens (tertiary/aromatic N) is 2. The van der Waals surface area contributed by atoms with Crippen molar-refractivity contribution in [1.29, 1.82) is 0 Å². The quantitative estimate of drug-likeness (QED) is 0.369. The maximum absolute atomic E-state index is 13.4. The van der Waals surface area contributed by atoms with E-state index in [9.17, 15) is 21.6 Å². The summed E-state index contributed by atoms with van der Waals surface area (Å²) in [5, 5.41) is 2.76. The van der Waals surface area contributed by atoms with Gasteiger partial charge in [-0.05, 0) is 67.3 Å². The van der Waals surface area contributed by atoms with E-state index >= 15 is 0 Å². The molecule has 1 aliphatic heterocycles. The Morgan fingerprint density at radius 2 is 1.39 bits per heavy atom. The van der Waals surface area contributed by atoms with E-state index in [0.717, 1.165) is 32.7 Å². The summed E-state index contributed by atoms with van der Waals surface area (Å²) in [6, 6.07) is 20.2. The Balaban J connectivity index is 1.45. The van der Waals surface area contributed by atoms with Crippen LogP contribution in [-0.4, -0.2) is 51.0 Å². The highest BCUT2D eigenvalue weighted by molar-refractivity contribution is 9.10. The molecule has 0 aromatic heterocycles. The van der Waals surface area contributed by atoms with Gasteiger partial charge in [0.25, 0.3) is 0 Å². The smallest absolute Gasteiger partial charge is 0.243 e. The zero-order valence-electron chi connectivity index (χ0n) is 21.0. The predicted molar refractivity (Wildman–Crippen MR) is 149 cm³/mol. The predicted octanol–water partition coefficient (Wildman–Crippen LogP) is 4.05. The van der Waals surface area contributed by atoms with Crippen LogP contribution in [-0.2, 0) is 37.9 Å². The third-order valence-corrected chi connectivity index (χ3v) is 10.6. The van der Waals surface area contributed by atoms with Gasteiger partial charge in [-0.1, -0.05) is 57.9 Å². The lowest BCUT2D eigenvalue weighted by molar-refractivity contribution is -0.121. The van der Waals surface area contributed by atoms with Crippen LogP contribution in [0, 0.1) is 6.92 Å². The minimum absolute atomic E-state index is 0.0369. The summed E-state index contributed by atoms with van der Waals surface area (Å²) in [5.41, 5.74) is 2.52. The van der Waals surface area contributed by atoms with Gasteiger partial charge in [-0.15, -0.1) is 0 Å². The second-order valence-electron chi connectivity index (χ2n) is 9.24. The van der Waals surface area contributed by atoms with E-state index in [-0.39, 0.29) is 29.4 Å². The lowest BCUT2D eigenvalue weighted by Gasteiger charge is -2.22. The topological polar surface area (TPSA) is 104 Å². The molecular formula is C27H30BrN3O5S2. The van der Waals surface area contributed by atoms with Crippen LogP contribution in [0.2, 0.25) is 0 Å². The second kappa shape index (κ2) is 12.1. The molecule has 1 aliphatic rings. The molecule has 38 heavy (non-hydrogen) atoms. The number of halogens is 1. The fourth-order valence-corrected chi connectivity index (χ4v) is 7.32. The van der Waals surface area contributed by atoms with Crippen LogP contribution in [0.4, 0.5) is 0 Å². The number of rotatable bonds is 10. The molecule has 0 atom stereocenters. The van der Waals surface area contributed by atoms with Crippen LogP contribution in [0.15, 0.2) is 87.1 Å². The molecule has 4 rings (SSSR count). The first-order valence-corrected chi connectivity index (χ1v) is 15.9. The van der Waals surface area contributed by atoms with Gasteiger partial charge in [-0.25, -0.2) is 16.8 Å². The van der Waals surface area contributed by atoms with Crippen molar-refractivity contribution in [3.05, 3.63) is 94.0 Å². The van der Waals surface area contributed by atoms with Crippen LogP contribution in [0.3, 0.4) is 0 Å². The van der Waals surface area contributed by atoms with Crippen molar-refractivity contribution in [2.24, 2.45) is 0 Å². The van der Waals surface area contributed by atoms with Gasteiger partial charge in [0.05, 0.1) is 16.3 Å². The van der Waals surface area contributed by atoms with Gasteiger partial charge in [-0.2, -0.15) is 8.61 Å². The van der Waals surface area contributed by atoms with Gasteiger partial charge < -0.3 is 5.32 Å². The van der Waals surface area contributed by atoms with Gasteiger partial charge in [0.15, 0.2) is 0 Å². The molecular weight excluding hydrogens is 590 g/mol. The van der Waals surface area contributed by atoms with Crippen LogP contribution < -0.4 is 5.32 Å². The van der Waals surface area contributed by atoms with Crippen molar-refractivity contribution in [2.45, 2.75) is 42.6 Å². The van der Waals surface area contributed by atoms with Gasteiger partial charge in [-0.3, -0.25) is 4.79 Å². The Morgan fingerprint density at radius 3 is 2.00 bits per heavy atom. The number of aryl methyl sites for hydroxylation is 1. The first kappa shape index (κ1) is 28.4. The van der Waals surface area contributed by atoms with E-state index in [0.29, 0.717) is 18.7 Å².